The maximum Gasteiger partial charge on any atom is 0.266 e. The van der Waals surface area contributed by atoms with Crippen LogP contribution in [0.2, 0.25) is 0 Å². The summed E-state index contributed by atoms with van der Waals surface area (Å²) in [5, 5.41) is 0. The molecule has 2 amide bonds. The Morgan fingerprint density at radius 3 is 2.32 bits per heavy atom. The number of para-hydroxylation sites is 1. The molecule has 2 fully saturated rings. The van der Waals surface area contributed by atoms with E-state index in [1.54, 1.807) is 4.90 Å². The van der Waals surface area contributed by atoms with Gasteiger partial charge in [-0.25, -0.2) is 0 Å². The number of carbonyl (C=O) groups is 2. The average molecular weight is 492 g/mol. The average Bonchev–Trinajstić information content (AvgIpc) is 3.12. The van der Waals surface area contributed by atoms with Crippen LogP contribution >= 0.6 is 24.0 Å². The fourth-order valence-electron chi connectivity index (χ4n) is 4.15. The van der Waals surface area contributed by atoms with E-state index >= 15 is 0 Å². The van der Waals surface area contributed by atoms with Gasteiger partial charge < -0.3 is 9.80 Å². The minimum atomic E-state index is -0.0697. The molecule has 0 aliphatic carbocycles. The molecule has 2 heterocycles. The first-order chi connectivity index (χ1) is 16.5. The summed E-state index contributed by atoms with van der Waals surface area (Å²) in [6.45, 7) is 5.58. The molecule has 34 heavy (non-hydrogen) atoms. The summed E-state index contributed by atoms with van der Waals surface area (Å²) in [4.78, 5) is 32.1. The molecule has 2 aromatic carbocycles. The molecule has 0 saturated carbocycles. The Labute approximate surface area is 211 Å². The van der Waals surface area contributed by atoms with Crippen molar-refractivity contribution in [3.05, 3.63) is 82.8 Å². The van der Waals surface area contributed by atoms with Gasteiger partial charge >= 0.3 is 0 Å². The van der Waals surface area contributed by atoms with Gasteiger partial charge in [0.25, 0.3) is 5.91 Å². The normalized spacial score (nSPS) is 18.2. The first-order valence-electron chi connectivity index (χ1n) is 11.6. The van der Waals surface area contributed by atoms with Crippen LogP contribution in [0.5, 0.6) is 0 Å². The standard InChI is InChI=1S/C27H29N3O2S2/c1-21(19-22-9-4-2-5-10-22)20-24-26(32)30(27(33)34-24)14-8-13-25(31)29-17-15-28(16-18-29)23-11-6-3-7-12-23/h2-7,9-12,19-20H,8,13-18H2,1H3. The Balaban J connectivity index is 1.24. The van der Waals surface area contributed by atoms with Gasteiger partial charge in [-0.15, -0.1) is 0 Å². The number of rotatable bonds is 7. The maximum atomic E-state index is 12.9. The number of carbonyl (C=O) groups excluding carboxylic acids is 2. The van der Waals surface area contributed by atoms with Crippen molar-refractivity contribution in [2.24, 2.45) is 0 Å². The van der Waals surface area contributed by atoms with Crippen molar-refractivity contribution in [3.8, 4) is 0 Å². The summed E-state index contributed by atoms with van der Waals surface area (Å²) in [6.07, 6.45) is 4.97. The number of benzene rings is 2. The second kappa shape index (κ2) is 11.5. The van der Waals surface area contributed by atoms with E-state index in [2.05, 4.69) is 17.0 Å². The smallest absolute Gasteiger partial charge is 0.266 e. The van der Waals surface area contributed by atoms with E-state index in [-0.39, 0.29) is 11.8 Å². The lowest BCUT2D eigenvalue weighted by atomic mass is 10.1. The van der Waals surface area contributed by atoms with Gasteiger partial charge in [-0.05, 0) is 42.7 Å². The topological polar surface area (TPSA) is 43.9 Å². The zero-order valence-electron chi connectivity index (χ0n) is 19.4. The van der Waals surface area contributed by atoms with Crippen LogP contribution in [0.25, 0.3) is 6.08 Å². The molecule has 0 bridgehead atoms. The number of amides is 2. The van der Waals surface area contributed by atoms with E-state index in [0.717, 1.165) is 37.3 Å². The lowest BCUT2D eigenvalue weighted by Crippen LogP contribution is -2.48. The molecule has 4 rings (SSSR count). The van der Waals surface area contributed by atoms with E-state index in [1.165, 1.54) is 17.4 Å². The van der Waals surface area contributed by atoms with Crippen LogP contribution in [0.1, 0.15) is 25.3 Å². The van der Waals surface area contributed by atoms with E-state index in [9.17, 15) is 9.59 Å². The quantitative estimate of drug-likeness (QED) is 0.405. The Morgan fingerprint density at radius 1 is 1.00 bits per heavy atom. The number of anilines is 1. The number of thiocarbonyl (C=S) groups is 1. The van der Waals surface area contributed by atoms with Crippen molar-refractivity contribution >= 4 is 51.9 Å². The molecule has 7 heteroatoms. The number of thioether (sulfide) groups is 1. The van der Waals surface area contributed by atoms with Crippen LogP contribution in [0.4, 0.5) is 5.69 Å². The number of piperazine rings is 1. The van der Waals surface area contributed by atoms with Crippen molar-refractivity contribution in [2.45, 2.75) is 19.8 Å². The highest BCUT2D eigenvalue weighted by Gasteiger charge is 2.32. The second-order valence-corrected chi connectivity index (χ2v) is 10.1. The molecule has 0 radical (unpaired) electrons. The molecule has 176 valence electrons. The molecule has 0 unspecified atom stereocenters. The fourth-order valence-corrected chi connectivity index (χ4v) is 5.51. The molecular formula is C27H29N3O2S2. The lowest BCUT2D eigenvalue weighted by molar-refractivity contribution is -0.132. The second-order valence-electron chi connectivity index (χ2n) is 8.44. The summed E-state index contributed by atoms with van der Waals surface area (Å²) in [5.74, 6) is 0.0788. The Kier molecular flexibility index (Phi) is 8.19. The van der Waals surface area contributed by atoms with Crippen molar-refractivity contribution < 1.29 is 9.59 Å². The Hall–Kier alpha value is -2.90. The summed E-state index contributed by atoms with van der Waals surface area (Å²) < 4.78 is 0.563. The highest BCUT2D eigenvalue weighted by atomic mass is 32.2. The monoisotopic (exact) mass is 491 g/mol. The molecule has 0 atom stereocenters. The first-order valence-corrected chi connectivity index (χ1v) is 12.8. The summed E-state index contributed by atoms with van der Waals surface area (Å²) >= 11 is 6.78. The van der Waals surface area contributed by atoms with Crippen molar-refractivity contribution in [2.75, 3.05) is 37.6 Å². The highest BCUT2D eigenvalue weighted by molar-refractivity contribution is 8.26. The van der Waals surface area contributed by atoms with Gasteiger partial charge in [-0.2, -0.15) is 0 Å². The molecule has 0 N–H and O–H groups in total. The van der Waals surface area contributed by atoms with Gasteiger partial charge in [0, 0.05) is 44.8 Å². The first kappa shape index (κ1) is 24.2. The zero-order valence-corrected chi connectivity index (χ0v) is 21.0. The molecular weight excluding hydrogens is 462 g/mol. The predicted octanol–water partition coefficient (Wildman–Crippen LogP) is 4.96. The predicted molar refractivity (Wildman–Crippen MR) is 145 cm³/mol. The summed E-state index contributed by atoms with van der Waals surface area (Å²) in [7, 11) is 0. The van der Waals surface area contributed by atoms with Crippen LogP contribution in [0, 0.1) is 0 Å². The van der Waals surface area contributed by atoms with E-state index in [1.807, 2.05) is 72.5 Å². The van der Waals surface area contributed by atoms with E-state index in [0.29, 0.717) is 28.6 Å². The zero-order chi connectivity index (χ0) is 23.9. The summed E-state index contributed by atoms with van der Waals surface area (Å²) in [6, 6.07) is 20.3. The third-order valence-electron chi connectivity index (χ3n) is 5.95. The molecule has 2 aliphatic rings. The van der Waals surface area contributed by atoms with Crippen LogP contribution < -0.4 is 4.90 Å². The summed E-state index contributed by atoms with van der Waals surface area (Å²) in [5.41, 5.74) is 3.29. The van der Waals surface area contributed by atoms with Gasteiger partial charge in [0.05, 0.1) is 4.91 Å². The number of hydrogen-bond acceptors (Lipinski definition) is 5. The van der Waals surface area contributed by atoms with E-state index in [4.69, 9.17) is 12.2 Å². The molecule has 2 aliphatic heterocycles. The minimum Gasteiger partial charge on any atom is -0.368 e. The lowest BCUT2D eigenvalue weighted by Gasteiger charge is -2.36. The third-order valence-corrected chi connectivity index (χ3v) is 7.33. The van der Waals surface area contributed by atoms with Crippen molar-refractivity contribution in [1.29, 1.82) is 0 Å². The van der Waals surface area contributed by atoms with Crippen molar-refractivity contribution in [1.82, 2.24) is 9.80 Å². The molecule has 5 nitrogen and oxygen atoms in total. The molecule has 0 aromatic heterocycles. The van der Waals surface area contributed by atoms with E-state index < -0.39 is 0 Å². The van der Waals surface area contributed by atoms with Gasteiger partial charge in [-0.1, -0.05) is 78.6 Å². The van der Waals surface area contributed by atoms with Gasteiger partial charge in [0.2, 0.25) is 5.91 Å². The molecule has 2 saturated heterocycles. The highest BCUT2D eigenvalue weighted by Crippen LogP contribution is 2.32. The number of hydrogen-bond donors (Lipinski definition) is 0. The van der Waals surface area contributed by atoms with Crippen LogP contribution in [-0.4, -0.2) is 58.7 Å². The van der Waals surface area contributed by atoms with Gasteiger partial charge in [0.1, 0.15) is 4.32 Å². The largest absolute Gasteiger partial charge is 0.368 e. The maximum absolute atomic E-state index is 12.9. The van der Waals surface area contributed by atoms with Crippen LogP contribution in [-0.2, 0) is 9.59 Å². The number of nitrogens with zero attached hydrogens (tertiary/aromatic N) is 3. The van der Waals surface area contributed by atoms with Crippen LogP contribution in [0.15, 0.2) is 77.2 Å². The Morgan fingerprint density at radius 2 is 1.65 bits per heavy atom. The number of allylic oxidation sites excluding steroid dienone is 2. The van der Waals surface area contributed by atoms with Gasteiger partial charge in [0.15, 0.2) is 0 Å². The molecule has 0 spiro atoms. The van der Waals surface area contributed by atoms with Crippen LogP contribution in [0.3, 0.4) is 0 Å². The van der Waals surface area contributed by atoms with Crippen molar-refractivity contribution in [3.63, 3.8) is 0 Å². The Bertz CT molecular complexity index is 1090. The third kappa shape index (κ3) is 6.15. The molecule has 2 aromatic rings. The fraction of sp³-hybridized carbons (Fsp3) is 0.296. The minimum absolute atomic E-state index is 0.0697. The SMILES string of the molecule is CC(=Cc1ccccc1)C=C1SC(=S)N(CCCC(=O)N2CCN(c3ccccc3)CC2)C1=O. The van der Waals surface area contributed by atoms with Gasteiger partial charge in [-0.3, -0.25) is 14.5 Å².